The van der Waals surface area contributed by atoms with E-state index in [1.54, 1.807) is 0 Å². The summed E-state index contributed by atoms with van der Waals surface area (Å²) in [4.78, 5) is 0. The average molecular weight is 191 g/mol. The molecule has 0 aromatic rings. The summed E-state index contributed by atoms with van der Waals surface area (Å²) in [6.45, 7) is 5.36. The number of ether oxygens (including phenoxy) is 3. The van der Waals surface area contributed by atoms with E-state index >= 15 is 0 Å². The number of aliphatic hydroxyl groups is 1. The Morgan fingerprint density at radius 1 is 0.923 bits per heavy atom. The molecule has 0 unspecified atom stereocenters. The third kappa shape index (κ3) is 11.8. The van der Waals surface area contributed by atoms with Gasteiger partial charge in [-0.25, -0.2) is 0 Å². The Balaban J connectivity index is 2.76. The first kappa shape index (κ1) is 12.8. The molecule has 0 amide bonds. The maximum absolute atomic E-state index is 8.38. The van der Waals surface area contributed by atoms with Crippen LogP contribution in [0.2, 0.25) is 0 Å². The van der Waals surface area contributed by atoms with Gasteiger partial charge in [0.1, 0.15) is 0 Å². The molecule has 0 saturated heterocycles. The highest BCUT2D eigenvalue weighted by atomic mass is 16.5. The molecule has 13 heavy (non-hydrogen) atoms. The molecule has 79 valence electrons. The highest BCUT2D eigenvalue weighted by molar-refractivity contribution is 4.50. The fourth-order valence-corrected chi connectivity index (χ4v) is 0.706. The molecule has 0 atom stereocenters. The van der Waals surface area contributed by atoms with Gasteiger partial charge >= 0.3 is 0 Å². The summed E-state index contributed by atoms with van der Waals surface area (Å²) >= 11 is 0. The second-order valence-corrected chi connectivity index (χ2v) is 2.43. The van der Waals surface area contributed by atoms with E-state index in [1.165, 1.54) is 0 Å². The molecule has 0 saturated carbocycles. The van der Waals surface area contributed by atoms with Crippen molar-refractivity contribution < 1.29 is 19.3 Å². The zero-order valence-corrected chi connectivity index (χ0v) is 8.20. The zero-order valence-electron chi connectivity index (χ0n) is 8.20. The Morgan fingerprint density at radius 3 is 2.00 bits per heavy atom. The maximum Gasteiger partial charge on any atom is 0.0701 e. The van der Waals surface area contributed by atoms with E-state index < -0.39 is 0 Å². The van der Waals surface area contributed by atoms with Gasteiger partial charge in [-0.05, 0) is 6.42 Å². The molecule has 1 radical (unpaired) electrons. The fraction of sp³-hybridized carbons (Fsp3) is 0.889. The lowest BCUT2D eigenvalue weighted by atomic mass is 10.5. The maximum atomic E-state index is 8.38. The van der Waals surface area contributed by atoms with Gasteiger partial charge in [-0.3, -0.25) is 0 Å². The van der Waals surface area contributed by atoms with Crippen molar-refractivity contribution in [2.45, 2.75) is 6.92 Å². The molecule has 0 aromatic heterocycles. The standard InChI is InChI=1S/C9H19O4/c1-2-4-11-6-8-13-9-7-12-5-3-10/h2,10H,3-9H2,1H3. The molecule has 0 aliphatic heterocycles. The third-order valence-corrected chi connectivity index (χ3v) is 1.26. The Morgan fingerprint density at radius 2 is 1.46 bits per heavy atom. The average Bonchev–Trinajstić information content (AvgIpc) is 2.16. The summed E-state index contributed by atoms with van der Waals surface area (Å²) in [6.07, 6.45) is 1.95. The number of hydrogen-bond acceptors (Lipinski definition) is 4. The van der Waals surface area contributed by atoms with Crippen molar-refractivity contribution in [1.82, 2.24) is 0 Å². The fourth-order valence-electron chi connectivity index (χ4n) is 0.706. The number of rotatable bonds is 10. The molecule has 4 nitrogen and oxygen atoms in total. The van der Waals surface area contributed by atoms with Crippen LogP contribution in [0.4, 0.5) is 0 Å². The number of hydrogen-bond donors (Lipinski definition) is 1. The lowest BCUT2D eigenvalue weighted by molar-refractivity contribution is 0.0107. The normalized spacial score (nSPS) is 10.6. The summed E-state index contributed by atoms with van der Waals surface area (Å²) in [5.74, 6) is 0. The van der Waals surface area contributed by atoms with Crippen molar-refractivity contribution >= 4 is 0 Å². The molecule has 0 spiro atoms. The van der Waals surface area contributed by atoms with E-state index in [1.807, 2.05) is 13.3 Å². The van der Waals surface area contributed by atoms with Gasteiger partial charge in [-0.2, -0.15) is 0 Å². The van der Waals surface area contributed by atoms with Crippen LogP contribution < -0.4 is 0 Å². The lowest BCUT2D eigenvalue weighted by Crippen LogP contribution is -2.10. The van der Waals surface area contributed by atoms with Crippen LogP contribution in [0.1, 0.15) is 6.92 Å². The molecule has 0 fully saturated rings. The van der Waals surface area contributed by atoms with Gasteiger partial charge in [-0.1, -0.05) is 6.92 Å². The molecule has 0 aliphatic rings. The van der Waals surface area contributed by atoms with Gasteiger partial charge in [0, 0.05) is 6.61 Å². The quantitative estimate of drug-likeness (QED) is 0.503. The first-order chi connectivity index (χ1) is 6.41. The van der Waals surface area contributed by atoms with E-state index in [0.29, 0.717) is 39.6 Å². The molecule has 1 N–H and O–H groups in total. The summed E-state index contributed by atoms with van der Waals surface area (Å²) in [5.41, 5.74) is 0. The molecule has 4 heteroatoms. The summed E-state index contributed by atoms with van der Waals surface area (Å²) in [5, 5.41) is 8.38. The summed E-state index contributed by atoms with van der Waals surface area (Å²) in [7, 11) is 0. The molecule has 0 bridgehead atoms. The van der Waals surface area contributed by atoms with Gasteiger partial charge in [0.2, 0.25) is 0 Å². The van der Waals surface area contributed by atoms with Gasteiger partial charge in [0.15, 0.2) is 0 Å². The summed E-state index contributed by atoms with van der Waals surface area (Å²) in [6, 6.07) is 0. The van der Waals surface area contributed by atoms with Crippen LogP contribution in [0.25, 0.3) is 0 Å². The van der Waals surface area contributed by atoms with Crippen molar-refractivity contribution in [3.05, 3.63) is 6.42 Å². The van der Waals surface area contributed by atoms with Gasteiger partial charge in [0.05, 0.1) is 39.6 Å². The highest BCUT2D eigenvalue weighted by Crippen LogP contribution is 1.82. The van der Waals surface area contributed by atoms with E-state index in [-0.39, 0.29) is 6.61 Å². The van der Waals surface area contributed by atoms with Gasteiger partial charge in [0.25, 0.3) is 0 Å². The second-order valence-electron chi connectivity index (χ2n) is 2.43. The predicted octanol–water partition coefficient (Wildman–Crippen LogP) is 0.253. The van der Waals surface area contributed by atoms with Crippen molar-refractivity contribution in [3.63, 3.8) is 0 Å². The molecule has 0 aliphatic carbocycles. The van der Waals surface area contributed by atoms with Crippen LogP contribution in [0.15, 0.2) is 0 Å². The largest absolute Gasteiger partial charge is 0.394 e. The Bertz CT molecular complexity index is 77.7. The SMILES string of the molecule is C[CH]COCCOCCOCCO. The topological polar surface area (TPSA) is 47.9 Å². The van der Waals surface area contributed by atoms with Crippen LogP contribution in [0.3, 0.4) is 0 Å². The third-order valence-electron chi connectivity index (χ3n) is 1.26. The van der Waals surface area contributed by atoms with E-state index in [0.717, 1.165) is 0 Å². The van der Waals surface area contributed by atoms with Crippen LogP contribution in [0, 0.1) is 6.42 Å². The molecule has 0 heterocycles. The van der Waals surface area contributed by atoms with Crippen LogP contribution >= 0.6 is 0 Å². The Kier molecular flexibility index (Phi) is 11.7. The molecule has 0 rings (SSSR count). The van der Waals surface area contributed by atoms with Crippen molar-refractivity contribution in [3.8, 4) is 0 Å². The molecular weight excluding hydrogens is 172 g/mol. The highest BCUT2D eigenvalue weighted by Gasteiger charge is 1.89. The Hall–Kier alpha value is -0.160. The second kappa shape index (κ2) is 11.8. The number of aliphatic hydroxyl groups excluding tert-OH is 1. The minimum Gasteiger partial charge on any atom is -0.394 e. The first-order valence-corrected chi connectivity index (χ1v) is 4.53. The van der Waals surface area contributed by atoms with E-state index in [2.05, 4.69) is 0 Å². The van der Waals surface area contributed by atoms with Crippen molar-refractivity contribution in [2.24, 2.45) is 0 Å². The van der Waals surface area contributed by atoms with Gasteiger partial charge in [-0.15, -0.1) is 0 Å². The minimum atomic E-state index is 0.0649. The lowest BCUT2D eigenvalue weighted by Gasteiger charge is -2.04. The van der Waals surface area contributed by atoms with Gasteiger partial charge < -0.3 is 19.3 Å². The van der Waals surface area contributed by atoms with E-state index in [4.69, 9.17) is 19.3 Å². The summed E-state index contributed by atoms with van der Waals surface area (Å²) < 4.78 is 15.3. The van der Waals surface area contributed by atoms with Crippen LogP contribution in [-0.4, -0.2) is 51.4 Å². The minimum absolute atomic E-state index is 0.0649. The predicted molar refractivity (Wildman–Crippen MR) is 49.5 cm³/mol. The van der Waals surface area contributed by atoms with Crippen molar-refractivity contribution in [1.29, 1.82) is 0 Å². The van der Waals surface area contributed by atoms with Crippen molar-refractivity contribution in [2.75, 3.05) is 46.2 Å². The molecule has 0 aromatic carbocycles. The van der Waals surface area contributed by atoms with Crippen LogP contribution in [0.5, 0.6) is 0 Å². The molecular formula is C9H19O4. The van der Waals surface area contributed by atoms with E-state index in [9.17, 15) is 0 Å². The van der Waals surface area contributed by atoms with Crippen LogP contribution in [-0.2, 0) is 14.2 Å². The zero-order chi connectivity index (χ0) is 9.78. The first-order valence-electron chi connectivity index (χ1n) is 4.53. The smallest absolute Gasteiger partial charge is 0.0701 e. The Labute approximate surface area is 79.8 Å². The monoisotopic (exact) mass is 191 g/mol.